The molecule has 2 aromatic carbocycles. The number of hydrogen-bond donors (Lipinski definition) is 0. The Morgan fingerprint density at radius 1 is 1.04 bits per heavy atom. The number of benzene rings is 2. The summed E-state index contributed by atoms with van der Waals surface area (Å²) in [6.07, 6.45) is 3.49. The summed E-state index contributed by atoms with van der Waals surface area (Å²) < 4.78 is 5.52. The van der Waals surface area contributed by atoms with Gasteiger partial charge in [0.05, 0.1) is 12.6 Å². The van der Waals surface area contributed by atoms with Gasteiger partial charge in [0.15, 0.2) is 0 Å². The summed E-state index contributed by atoms with van der Waals surface area (Å²) in [4.78, 5) is 28.8. The van der Waals surface area contributed by atoms with Crippen molar-refractivity contribution in [3.8, 4) is 5.75 Å². The third-order valence-corrected chi connectivity index (χ3v) is 5.59. The molecule has 2 aliphatic rings. The van der Waals surface area contributed by atoms with E-state index >= 15 is 0 Å². The molecule has 0 saturated carbocycles. The molecule has 0 radical (unpaired) electrons. The SMILES string of the molecule is CCOc1ccc([C@H]2CCCN2C(=O)c2ccc(N3CCCC3=O)cc2)cc1. The van der Waals surface area contributed by atoms with Crippen molar-refractivity contribution >= 4 is 17.5 Å². The largest absolute Gasteiger partial charge is 0.494 e. The Morgan fingerprint density at radius 3 is 2.43 bits per heavy atom. The summed E-state index contributed by atoms with van der Waals surface area (Å²) in [5.41, 5.74) is 2.70. The minimum absolute atomic E-state index is 0.0516. The lowest BCUT2D eigenvalue weighted by molar-refractivity contribution is -0.117. The van der Waals surface area contributed by atoms with Crippen LogP contribution in [0.2, 0.25) is 0 Å². The zero-order chi connectivity index (χ0) is 19.5. The Morgan fingerprint density at radius 2 is 1.79 bits per heavy atom. The van der Waals surface area contributed by atoms with Gasteiger partial charge in [-0.25, -0.2) is 0 Å². The van der Waals surface area contributed by atoms with Crippen molar-refractivity contribution < 1.29 is 14.3 Å². The van der Waals surface area contributed by atoms with Crippen molar-refractivity contribution in [2.24, 2.45) is 0 Å². The van der Waals surface area contributed by atoms with Crippen LogP contribution >= 0.6 is 0 Å². The van der Waals surface area contributed by atoms with E-state index in [9.17, 15) is 9.59 Å². The van der Waals surface area contributed by atoms with Gasteiger partial charge in [-0.3, -0.25) is 9.59 Å². The maximum absolute atomic E-state index is 13.1. The van der Waals surface area contributed by atoms with E-state index in [0.29, 0.717) is 18.6 Å². The van der Waals surface area contributed by atoms with Gasteiger partial charge >= 0.3 is 0 Å². The molecule has 146 valence electrons. The van der Waals surface area contributed by atoms with Crippen LogP contribution in [-0.4, -0.2) is 36.4 Å². The summed E-state index contributed by atoms with van der Waals surface area (Å²) in [5, 5.41) is 0. The standard InChI is InChI=1S/C23H26N2O3/c1-2-28-20-13-9-17(10-14-20)21-5-3-16-25(21)23(27)18-7-11-19(12-8-18)24-15-4-6-22(24)26/h7-14,21H,2-6,15-16H2,1H3/t21-/m1/s1. The predicted molar refractivity (Wildman–Crippen MR) is 109 cm³/mol. The molecule has 1 atom stereocenters. The quantitative estimate of drug-likeness (QED) is 0.784. The van der Waals surface area contributed by atoms with Gasteiger partial charge in [0.1, 0.15) is 5.75 Å². The molecular formula is C23H26N2O3. The average molecular weight is 378 g/mol. The third kappa shape index (κ3) is 3.61. The molecule has 5 nitrogen and oxygen atoms in total. The van der Waals surface area contributed by atoms with Crippen LogP contribution in [0.5, 0.6) is 5.75 Å². The maximum Gasteiger partial charge on any atom is 0.254 e. The number of anilines is 1. The second-order valence-corrected chi connectivity index (χ2v) is 7.35. The number of nitrogens with zero attached hydrogens (tertiary/aromatic N) is 2. The van der Waals surface area contributed by atoms with E-state index in [0.717, 1.165) is 49.4 Å². The normalized spacial score (nSPS) is 19.3. The molecule has 0 aliphatic carbocycles. The van der Waals surface area contributed by atoms with E-state index in [-0.39, 0.29) is 17.9 Å². The summed E-state index contributed by atoms with van der Waals surface area (Å²) in [5.74, 6) is 1.07. The Balaban J connectivity index is 1.49. The van der Waals surface area contributed by atoms with E-state index in [1.54, 1.807) is 4.90 Å². The Bertz CT molecular complexity index is 845. The molecule has 0 spiro atoms. The molecular weight excluding hydrogens is 352 g/mol. The smallest absolute Gasteiger partial charge is 0.254 e. The van der Waals surface area contributed by atoms with Crippen molar-refractivity contribution in [1.82, 2.24) is 4.90 Å². The fourth-order valence-corrected chi connectivity index (χ4v) is 4.18. The van der Waals surface area contributed by atoms with Crippen LogP contribution in [0.15, 0.2) is 48.5 Å². The Kier molecular flexibility index (Phi) is 5.33. The van der Waals surface area contributed by atoms with Crippen LogP contribution in [0.4, 0.5) is 5.69 Å². The van der Waals surface area contributed by atoms with E-state index in [2.05, 4.69) is 12.1 Å². The van der Waals surface area contributed by atoms with E-state index in [4.69, 9.17) is 4.74 Å². The molecule has 2 aliphatic heterocycles. The van der Waals surface area contributed by atoms with Gasteiger partial charge < -0.3 is 14.5 Å². The number of hydrogen-bond acceptors (Lipinski definition) is 3. The summed E-state index contributed by atoms with van der Waals surface area (Å²) in [7, 11) is 0. The lowest BCUT2D eigenvalue weighted by Crippen LogP contribution is -2.30. The second kappa shape index (κ2) is 8.05. The molecule has 2 aromatic rings. The number of carbonyl (C=O) groups excluding carboxylic acids is 2. The van der Waals surface area contributed by atoms with Crippen LogP contribution in [0.1, 0.15) is 54.6 Å². The molecule has 0 bridgehead atoms. The number of carbonyl (C=O) groups is 2. The van der Waals surface area contributed by atoms with Crippen LogP contribution in [0.3, 0.4) is 0 Å². The molecule has 0 aromatic heterocycles. The van der Waals surface area contributed by atoms with Gasteiger partial charge in [-0.2, -0.15) is 0 Å². The molecule has 5 heteroatoms. The first-order chi connectivity index (χ1) is 13.7. The molecule has 0 unspecified atom stereocenters. The zero-order valence-electron chi connectivity index (χ0n) is 16.3. The molecule has 2 fully saturated rings. The van der Waals surface area contributed by atoms with Crippen molar-refractivity contribution in [2.75, 3.05) is 24.6 Å². The lowest BCUT2D eigenvalue weighted by Gasteiger charge is -2.25. The van der Waals surface area contributed by atoms with Crippen LogP contribution < -0.4 is 9.64 Å². The highest BCUT2D eigenvalue weighted by Crippen LogP contribution is 2.34. The number of amides is 2. The van der Waals surface area contributed by atoms with Gasteiger partial charge in [0, 0.05) is 30.8 Å². The lowest BCUT2D eigenvalue weighted by atomic mass is 10.0. The second-order valence-electron chi connectivity index (χ2n) is 7.35. The van der Waals surface area contributed by atoms with E-state index in [1.165, 1.54) is 0 Å². The number of likely N-dealkylation sites (tertiary alicyclic amines) is 1. The maximum atomic E-state index is 13.1. The molecule has 2 saturated heterocycles. The molecule has 2 heterocycles. The van der Waals surface area contributed by atoms with Gasteiger partial charge in [-0.15, -0.1) is 0 Å². The molecule has 28 heavy (non-hydrogen) atoms. The highest BCUT2D eigenvalue weighted by atomic mass is 16.5. The number of rotatable bonds is 5. The zero-order valence-corrected chi connectivity index (χ0v) is 16.3. The summed E-state index contributed by atoms with van der Waals surface area (Å²) in [6.45, 7) is 4.14. The van der Waals surface area contributed by atoms with Crippen LogP contribution in [0, 0.1) is 0 Å². The minimum Gasteiger partial charge on any atom is -0.494 e. The first-order valence-electron chi connectivity index (χ1n) is 10.1. The molecule has 4 rings (SSSR count). The van der Waals surface area contributed by atoms with Crippen molar-refractivity contribution in [3.63, 3.8) is 0 Å². The highest BCUT2D eigenvalue weighted by Gasteiger charge is 2.31. The fraction of sp³-hybridized carbons (Fsp3) is 0.391. The Hall–Kier alpha value is -2.82. The van der Waals surface area contributed by atoms with Crippen molar-refractivity contribution in [1.29, 1.82) is 0 Å². The van der Waals surface area contributed by atoms with Crippen molar-refractivity contribution in [3.05, 3.63) is 59.7 Å². The topological polar surface area (TPSA) is 49.9 Å². The van der Waals surface area contributed by atoms with E-state index < -0.39 is 0 Å². The van der Waals surface area contributed by atoms with Gasteiger partial charge in [-0.1, -0.05) is 12.1 Å². The average Bonchev–Trinajstić information content (AvgIpc) is 3.38. The van der Waals surface area contributed by atoms with E-state index in [1.807, 2.05) is 48.2 Å². The Labute approximate surface area is 165 Å². The first-order valence-corrected chi connectivity index (χ1v) is 10.1. The third-order valence-electron chi connectivity index (χ3n) is 5.59. The summed E-state index contributed by atoms with van der Waals surface area (Å²) >= 11 is 0. The molecule has 2 amide bonds. The van der Waals surface area contributed by atoms with Gasteiger partial charge in [0.25, 0.3) is 5.91 Å². The highest BCUT2D eigenvalue weighted by molar-refractivity contribution is 5.97. The van der Waals surface area contributed by atoms with Gasteiger partial charge in [0.2, 0.25) is 5.91 Å². The predicted octanol–water partition coefficient (Wildman–Crippen LogP) is 4.19. The minimum atomic E-state index is 0.0516. The number of ether oxygens (including phenoxy) is 1. The van der Waals surface area contributed by atoms with Gasteiger partial charge in [-0.05, 0) is 68.1 Å². The first kappa shape index (κ1) is 18.5. The monoisotopic (exact) mass is 378 g/mol. The summed E-state index contributed by atoms with van der Waals surface area (Å²) in [6, 6.07) is 15.6. The fourth-order valence-electron chi connectivity index (χ4n) is 4.18. The van der Waals surface area contributed by atoms with Crippen molar-refractivity contribution in [2.45, 2.75) is 38.6 Å². The molecule has 0 N–H and O–H groups in total. The van der Waals surface area contributed by atoms with Crippen LogP contribution in [-0.2, 0) is 4.79 Å². The van der Waals surface area contributed by atoms with Crippen LogP contribution in [0.25, 0.3) is 0 Å².